The van der Waals surface area contributed by atoms with Crippen molar-refractivity contribution in [3.8, 4) is 17.0 Å². The quantitative estimate of drug-likeness (QED) is 0.516. The first-order valence-corrected chi connectivity index (χ1v) is 8.79. The molecular weight excluding hydrogens is 352 g/mol. The molecule has 6 nitrogen and oxygen atoms in total. The van der Waals surface area contributed by atoms with Gasteiger partial charge in [0, 0.05) is 23.5 Å². The van der Waals surface area contributed by atoms with Crippen molar-refractivity contribution in [1.82, 2.24) is 14.6 Å². The fourth-order valence-electron chi connectivity index (χ4n) is 2.90. The third-order valence-electron chi connectivity index (χ3n) is 4.18. The van der Waals surface area contributed by atoms with Crippen LogP contribution in [0.5, 0.6) is 5.75 Å². The van der Waals surface area contributed by atoms with E-state index in [0.717, 1.165) is 11.3 Å². The Morgan fingerprint density at radius 1 is 1.14 bits per heavy atom. The second kappa shape index (κ2) is 7.75. The second-order valence-corrected chi connectivity index (χ2v) is 6.07. The Bertz CT molecular complexity index is 1140. The number of carbonyl (C=O) groups excluding carboxylic acids is 1. The Labute approximate surface area is 162 Å². The fraction of sp³-hybridized carbons (Fsp3) is 0.0455. The van der Waals surface area contributed by atoms with Crippen molar-refractivity contribution in [1.29, 1.82) is 0 Å². The molecule has 0 fully saturated rings. The molecule has 6 heteroatoms. The van der Waals surface area contributed by atoms with Crippen LogP contribution in [-0.4, -0.2) is 27.1 Å². The highest BCUT2D eigenvalue weighted by Gasteiger charge is 2.16. The molecule has 0 atom stereocenters. The molecule has 0 unspecified atom stereocenters. The van der Waals surface area contributed by atoms with E-state index in [4.69, 9.17) is 4.74 Å². The maximum atomic E-state index is 12.8. The van der Waals surface area contributed by atoms with Crippen LogP contribution in [0.2, 0.25) is 0 Å². The summed E-state index contributed by atoms with van der Waals surface area (Å²) in [6, 6.07) is 18.9. The number of nitrogens with one attached hydrogen (secondary N) is 1. The number of hydrogen-bond donors (Lipinski definition) is 1. The summed E-state index contributed by atoms with van der Waals surface area (Å²) in [5.41, 5.74) is 3.39. The lowest BCUT2D eigenvalue weighted by Gasteiger charge is -2.08. The third-order valence-corrected chi connectivity index (χ3v) is 4.18. The Balaban J connectivity index is 1.63. The third kappa shape index (κ3) is 3.48. The number of aromatic nitrogens is 3. The van der Waals surface area contributed by atoms with Gasteiger partial charge in [0.1, 0.15) is 17.9 Å². The molecule has 1 amide bonds. The molecule has 2 aromatic heterocycles. The van der Waals surface area contributed by atoms with E-state index in [1.807, 2.05) is 48.5 Å². The minimum Gasteiger partial charge on any atom is -0.489 e. The predicted molar refractivity (Wildman–Crippen MR) is 109 cm³/mol. The van der Waals surface area contributed by atoms with Gasteiger partial charge in [-0.25, -0.2) is 9.50 Å². The van der Waals surface area contributed by atoms with Crippen LogP contribution in [0.15, 0.2) is 85.7 Å². The molecule has 2 heterocycles. The standard InChI is InChI=1S/C22H18N4O2/c1-2-13-28-18-10-6-9-17(14-18)25-22(27)19-15-24-26-20(11-12-23-21(19)26)16-7-4-3-5-8-16/h2-12,14-15H,1,13H2,(H,25,27). The number of carbonyl (C=O) groups is 1. The monoisotopic (exact) mass is 370 g/mol. The van der Waals surface area contributed by atoms with E-state index in [9.17, 15) is 4.79 Å². The van der Waals surface area contributed by atoms with Gasteiger partial charge in [-0.05, 0) is 18.2 Å². The van der Waals surface area contributed by atoms with Crippen molar-refractivity contribution < 1.29 is 9.53 Å². The summed E-state index contributed by atoms with van der Waals surface area (Å²) in [6.07, 6.45) is 4.88. The van der Waals surface area contributed by atoms with Crippen LogP contribution in [0.4, 0.5) is 5.69 Å². The number of rotatable bonds is 6. The zero-order valence-corrected chi connectivity index (χ0v) is 15.1. The van der Waals surface area contributed by atoms with Crippen molar-refractivity contribution in [2.45, 2.75) is 0 Å². The van der Waals surface area contributed by atoms with Gasteiger partial charge in [0.2, 0.25) is 0 Å². The predicted octanol–water partition coefficient (Wildman–Crippen LogP) is 4.21. The topological polar surface area (TPSA) is 68.5 Å². The van der Waals surface area contributed by atoms with Gasteiger partial charge in [0.15, 0.2) is 5.65 Å². The van der Waals surface area contributed by atoms with Crippen molar-refractivity contribution in [3.63, 3.8) is 0 Å². The normalized spacial score (nSPS) is 10.6. The Hall–Kier alpha value is -3.93. The maximum absolute atomic E-state index is 12.8. The molecule has 4 aromatic rings. The SMILES string of the molecule is C=CCOc1cccc(NC(=O)c2cnn3c(-c4ccccc4)ccnc23)c1. The molecule has 2 aromatic carbocycles. The molecule has 0 spiro atoms. The Morgan fingerprint density at radius 3 is 2.82 bits per heavy atom. The highest BCUT2D eigenvalue weighted by molar-refractivity contribution is 6.08. The van der Waals surface area contributed by atoms with Gasteiger partial charge in [-0.2, -0.15) is 5.10 Å². The molecule has 0 saturated carbocycles. The number of nitrogens with zero attached hydrogens (tertiary/aromatic N) is 3. The smallest absolute Gasteiger partial charge is 0.261 e. The molecule has 0 aliphatic rings. The molecule has 28 heavy (non-hydrogen) atoms. The van der Waals surface area contributed by atoms with Crippen LogP contribution in [-0.2, 0) is 0 Å². The lowest BCUT2D eigenvalue weighted by atomic mass is 10.1. The minimum absolute atomic E-state index is 0.284. The van der Waals surface area contributed by atoms with Gasteiger partial charge >= 0.3 is 0 Å². The summed E-state index contributed by atoms with van der Waals surface area (Å²) in [5.74, 6) is 0.371. The van der Waals surface area contributed by atoms with E-state index in [-0.39, 0.29) is 5.91 Å². The fourth-order valence-corrected chi connectivity index (χ4v) is 2.90. The van der Waals surface area contributed by atoms with Crippen LogP contribution >= 0.6 is 0 Å². The van der Waals surface area contributed by atoms with Gasteiger partial charge in [-0.15, -0.1) is 0 Å². The molecule has 0 bridgehead atoms. The van der Waals surface area contributed by atoms with E-state index in [0.29, 0.717) is 29.3 Å². The summed E-state index contributed by atoms with van der Waals surface area (Å²) in [5, 5.41) is 7.25. The largest absolute Gasteiger partial charge is 0.489 e. The summed E-state index contributed by atoms with van der Waals surface area (Å²) >= 11 is 0. The summed E-state index contributed by atoms with van der Waals surface area (Å²) in [6.45, 7) is 4.03. The maximum Gasteiger partial charge on any atom is 0.261 e. The number of amides is 1. The molecule has 1 N–H and O–H groups in total. The number of anilines is 1. The highest BCUT2D eigenvalue weighted by Crippen LogP contribution is 2.22. The second-order valence-electron chi connectivity index (χ2n) is 6.07. The van der Waals surface area contributed by atoms with Crippen molar-refractivity contribution in [3.05, 3.63) is 91.3 Å². The van der Waals surface area contributed by atoms with Gasteiger partial charge in [-0.1, -0.05) is 49.1 Å². The van der Waals surface area contributed by atoms with Crippen LogP contribution < -0.4 is 10.1 Å². The van der Waals surface area contributed by atoms with Gasteiger partial charge in [0.05, 0.1) is 11.9 Å². The molecule has 0 radical (unpaired) electrons. The average molecular weight is 370 g/mol. The van der Waals surface area contributed by atoms with E-state index in [2.05, 4.69) is 22.0 Å². The van der Waals surface area contributed by atoms with E-state index < -0.39 is 0 Å². The van der Waals surface area contributed by atoms with Crippen LogP contribution in [0, 0.1) is 0 Å². The first kappa shape index (κ1) is 17.5. The average Bonchev–Trinajstić information content (AvgIpc) is 3.17. The van der Waals surface area contributed by atoms with Crippen molar-refractivity contribution in [2.75, 3.05) is 11.9 Å². The highest BCUT2D eigenvalue weighted by atomic mass is 16.5. The first-order valence-electron chi connectivity index (χ1n) is 8.79. The number of ether oxygens (including phenoxy) is 1. The molecule has 138 valence electrons. The van der Waals surface area contributed by atoms with Crippen molar-refractivity contribution in [2.24, 2.45) is 0 Å². The van der Waals surface area contributed by atoms with Gasteiger partial charge in [0.25, 0.3) is 5.91 Å². The summed E-state index contributed by atoms with van der Waals surface area (Å²) in [7, 11) is 0. The van der Waals surface area contributed by atoms with E-state index in [1.165, 1.54) is 6.20 Å². The minimum atomic E-state index is -0.284. The first-order chi connectivity index (χ1) is 13.8. The number of fused-ring (bicyclic) bond motifs is 1. The molecule has 4 rings (SSSR count). The summed E-state index contributed by atoms with van der Waals surface area (Å²) in [4.78, 5) is 17.2. The van der Waals surface area contributed by atoms with Crippen LogP contribution in [0.3, 0.4) is 0 Å². The van der Waals surface area contributed by atoms with Crippen molar-refractivity contribution >= 4 is 17.2 Å². The van der Waals surface area contributed by atoms with Crippen LogP contribution in [0.1, 0.15) is 10.4 Å². The lowest BCUT2D eigenvalue weighted by Crippen LogP contribution is -2.12. The van der Waals surface area contributed by atoms with Gasteiger partial charge in [-0.3, -0.25) is 4.79 Å². The summed E-state index contributed by atoms with van der Waals surface area (Å²) < 4.78 is 7.18. The number of hydrogen-bond acceptors (Lipinski definition) is 4. The van der Waals surface area contributed by atoms with E-state index in [1.54, 1.807) is 28.9 Å². The van der Waals surface area contributed by atoms with Crippen LogP contribution in [0.25, 0.3) is 16.9 Å². The zero-order chi connectivity index (χ0) is 19.3. The molecule has 0 aliphatic carbocycles. The molecule has 0 saturated heterocycles. The van der Waals surface area contributed by atoms with Gasteiger partial charge < -0.3 is 10.1 Å². The molecular formula is C22H18N4O2. The van der Waals surface area contributed by atoms with E-state index >= 15 is 0 Å². The lowest BCUT2D eigenvalue weighted by molar-refractivity contribution is 0.102. The zero-order valence-electron chi connectivity index (χ0n) is 15.1. The Kier molecular flexibility index (Phi) is 4.84. The molecule has 0 aliphatic heterocycles. The number of benzene rings is 2. The Morgan fingerprint density at radius 2 is 2.00 bits per heavy atom.